The van der Waals surface area contributed by atoms with Crippen LogP contribution in [0.15, 0.2) is 48.5 Å². The summed E-state index contributed by atoms with van der Waals surface area (Å²) in [6, 6.07) is 16.0. The molecule has 0 saturated carbocycles. The van der Waals surface area contributed by atoms with Gasteiger partial charge in [-0.15, -0.1) is 0 Å². The fourth-order valence-electron chi connectivity index (χ4n) is 8.69. The molecule has 0 radical (unpaired) electrons. The highest BCUT2D eigenvalue weighted by molar-refractivity contribution is 7.98. The molecular formula is C58H84N4O6S2. The second kappa shape index (κ2) is 23.5. The van der Waals surface area contributed by atoms with Gasteiger partial charge in [0.25, 0.3) is 0 Å². The maximum atomic E-state index is 13.0. The van der Waals surface area contributed by atoms with Crippen LogP contribution in [0.25, 0.3) is 0 Å². The Hall–Kier alpha value is -4.36. The molecule has 5 rings (SSSR count). The Morgan fingerprint density at radius 3 is 0.971 bits per heavy atom. The number of carbonyl (C=O) groups excluding carboxylic acids is 2. The number of hydrogen-bond acceptors (Lipinski definition) is 10. The van der Waals surface area contributed by atoms with E-state index < -0.39 is 12.1 Å². The maximum Gasteiger partial charge on any atom is 0.237 e. The number of ether oxygens (including phenoxy) is 2. The van der Waals surface area contributed by atoms with Crippen LogP contribution in [-0.2, 0) is 56.9 Å². The Balaban J connectivity index is 1.78. The highest BCUT2D eigenvalue weighted by Crippen LogP contribution is 2.44. The molecule has 1 aliphatic rings. The molecule has 12 heteroatoms. The lowest BCUT2D eigenvalue weighted by Crippen LogP contribution is -2.42. The summed E-state index contributed by atoms with van der Waals surface area (Å²) in [5.41, 5.74) is 22.4. The van der Waals surface area contributed by atoms with Gasteiger partial charge < -0.3 is 41.8 Å². The summed E-state index contributed by atoms with van der Waals surface area (Å²) >= 11 is 3.32. The van der Waals surface area contributed by atoms with E-state index in [9.17, 15) is 19.8 Å². The number of phenolic OH excluding ortho intramolecular Hbond substituents is 2. The van der Waals surface area contributed by atoms with Gasteiger partial charge in [-0.2, -0.15) is 23.5 Å². The van der Waals surface area contributed by atoms with E-state index in [1.807, 2.05) is 12.5 Å². The third-order valence-corrected chi connectivity index (χ3v) is 14.5. The largest absolute Gasteiger partial charge is 0.507 e. The topological polar surface area (TPSA) is 169 Å². The first-order chi connectivity index (χ1) is 32.6. The molecule has 4 aromatic carbocycles. The number of phenols is 2. The van der Waals surface area contributed by atoms with Gasteiger partial charge in [-0.1, -0.05) is 132 Å². The summed E-state index contributed by atoms with van der Waals surface area (Å²) in [6.45, 7) is 27.2. The average Bonchev–Trinajstić information content (AvgIpc) is 3.26. The van der Waals surface area contributed by atoms with E-state index in [0.29, 0.717) is 50.0 Å². The number of nitrogens with two attached hydrogens (primary N) is 2. The Bertz CT molecular complexity index is 2210. The van der Waals surface area contributed by atoms with Crippen molar-refractivity contribution in [1.29, 1.82) is 0 Å². The second-order valence-corrected chi connectivity index (χ2v) is 25.3. The second-order valence-electron chi connectivity index (χ2n) is 23.3. The van der Waals surface area contributed by atoms with Crippen molar-refractivity contribution in [1.82, 2.24) is 10.6 Å². The van der Waals surface area contributed by atoms with Crippen LogP contribution in [-0.4, -0.2) is 84.4 Å². The van der Waals surface area contributed by atoms with Gasteiger partial charge in [0.1, 0.15) is 36.2 Å². The first kappa shape index (κ1) is 56.6. The van der Waals surface area contributed by atoms with Crippen LogP contribution < -0.4 is 31.6 Å². The van der Waals surface area contributed by atoms with Crippen LogP contribution in [0, 0.1) is 0 Å². The van der Waals surface area contributed by atoms with Gasteiger partial charge in [-0.05, 0) is 125 Å². The highest BCUT2D eigenvalue weighted by atomic mass is 32.2. The Labute approximate surface area is 428 Å². The van der Waals surface area contributed by atoms with Gasteiger partial charge in [0.05, 0.1) is 25.2 Å². The lowest BCUT2D eigenvalue weighted by atomic mass is 9.79. The molecule has 4 aromatic rings. The number of carbonyl (C=O) groups is 2. The first-order valence-electron chi connectivity index (χ1n) is 24.9. The standard InChI is InChI=1S/C58H84N4O6S2/c1-55(2,3)43-27-35-23-39-31-45(57(7,8)9)33-41(51(39)67-19-17-61-53(65)47(59)15-21-69-13)25-37-29-44(56(4,5)6)30-38(50(37)64)26-42-34-46(58(10,11)12)32-40(24-36(28-43)49(35)63)52(42)68-20-18-62-54(66)48(60)16-22-70-14/h27-34,47-48,63-64H,15-26,59-60H2,1-14H3,(H,61,65)(H,62,66)/t47-,48-/m0/s1. The fourth-order valence-corrected chi connectivity index (χ4v) is 9.66. The molecule has 0 fully saturated rings. The molecule has 10 nitrogen and oxygen atoms in total. The fraction of sp³-hybridized carbons (Fsp3) is 0.552. The van der Waals surface area contributed by atoms with Gasteiger partial charge in [0.15, 0.2) is 0 Å². The van der Waals surface area contributed by atoms with Crippen LogP contribution in [0.2, 0.25) is 0 Å². The molecule has 0 spiro atoms. The minimum atomic E-state index is -0.605. The monoisotopic (exact) mass is 997 g/mol. The third-order valence-electron chi connectivity index (χ3n) is 13.2. The number of nitrogens with one attached hydrogen (secondary N) is 2. The summed E-state index contributed by atoms with van der Waals surface area (Å²) in [5.74, 6) is 2.91. The number of fused-ring (bicyclic) bond motifs is 8. The van der Waals surface area contributed by atoms with Gasteiger partial charge in [-0.3, -0.25) is 9.59 Å². The summed E-state index contributed by atoms with van der Waals surface area (Å²) in [6.07, 6.45) is 6.59. The number of hydrogen-bond donors (Lipinski definition) is 6. The molecule has 8 bridgehead atoms. The van der Waals surface area contributed by atoms with Crippen LogP contribution >= 0.6 is 23.5 Å². The number of aromatic hydroxyl groups is 2. The summed E-state index contributed by atoms with van der Waals surface area (Å²) in [7, 11) is 0. The lowest BCUT2D eigenvalue weighted by molar-refractivity contribution is -0.123. The van der Waals surface area contributed by atoms with Crippen LogP contribution in [0.1, 0.15) is 163 Å². The number of benzene rings is 4. The normalized spacial score (nSPS) is 14.2. The molecule has 0 saturated heterocycles. The highest BCUT2D eigenvalue weighted by Gasteiger charge is 2.29. The molecule has 70 heavy (non-hydrogen) atoms. The van der Waals surface area contributed by atoms with Crippen molar-refractivity contribution in [3.05, 3.63) is 115 Å². The lowest BCUT2D eigenvalue weighted by Gasteiger charge is -2.28. The van der Waals surface area contributed by atoms with E-state index in [0.717, 1.165) is 78.3 Å². The molecule has 2 amide bonds. The van der Waals surface area contributed by atoms with E-state index in [1.54, 1.807) is 23.5 Å². The minimum Gasteiger partial charge on any atom is -0.507 e. The van der Waals surface area contributed by atoms with Crippen molar-refractivity contribution >= 4 is 35.3 Å². The molecular weight excluding hydrogens is 913 g/mol. The molecule has 0 aromatic heterocycles. The van der Waals surface area contributed by atoms with Crippen LogP contribution in [0.3, 0.4) is 0 Å². The quantitative estimate of drug-likeness (QED) is 0.0524. The molecule has 0 heterocycles. The van der Waals surface area contributed by atoms with E-state index in [1.165, 1.54) is 0 Å². The summed E-state index contributed by atoms with van der Waals surface area (Å²) in [4.78, 5) is 26.0. The van der Waals surface area contributed by atoms with Crippen molar-refractivity contribution in [2.75, 3.05) is 50.3 Å². The summed E-state index contributed by atoms with van der Waals surface area (Å²) < 4.78 is 13.6. The predicted octanol–water partition coefficient (Wildman–Crippen LogP) is 10.1. The number of thioether (sulfide) groups is 2. The summed E-state index contributed by atoms with van der Waals surface area (Å²) in [5, 5.41) is 31.3. The Morgan fingerprint density at radius 2 is 0.743 bits per heavy atom. The SMILES string of the molecule is CSCC[C@H](N)C(=O)NCCOc1c2cc(C(C)(C)C)cc1Cc1cc(C(C)(C)C)cc(c1O)Cc1cc(C(C)(C)C)cc(c1OCCNC(=O)[C@@H](N)CCSC)Cc1cc(C(C)(C)C)cc(c1O)C2. The number of rotatable bonds is 16. The minimum absolute atomic E-state index is 0.191. The maximum absolute atomic E-state index is 13.0. The zero-order chi connectivity index (χ0) is 51.9. The van der Waals surface area contributed by atoms with E-state index >= 15 is 0 Å². The molecule has 1 aliphatic carbocycles. The molecule has 2 atom stereocenters. The first-order valence-corrected chi connectivity index (χ1v) is 27.7. The van der Waals surface area contributed by atoms with E-state index in [4.69, 9.17) is 20.9 Å². The average molecular weight is 997 g/mol. The van der Waals surface area contributed by atoms with Crippen molar-refractivity contribution in [2.24, 2.45) is 11.5 Å². The Morgan fingerprint density at radius 1 is 0.500 bits per heavy atom. The van der Waals surface area contributed by atoms with E-state index in [2.05, 4.69) is 142 Å². The van der Waals surface area contributed by atoms with E-state index in [-0.39, 0.29) is 71.3 Å². The van der Waals surface area contributed by atoms with Crippen LogP contribution in [0.4, 0.5) is 0 Å². The molecule has 0 aliphatic heterocycles. The smallest absolute Gasteiger partial charge is 0.237 e. The Kier molecular flexibility index (Phi) is 19.0. The van der Waals surface area contributed by atoms with Crippen molar-refractivity contribution in [2.45, 2.75) is 155 Å². The van der Waals surface area contributed by atoms with Gasteiger partial charge in [0.2, 0.25) is 11.8 Å². The third kappa shape index (κ3) is 14.9. The van der Waals surface area contributed by atoms with Crippen molar-refractivity contribution < 1.29 is 29.3 Å². The molecule has 0 unspecified atom stereocenters. The van der Waals surface area contributed by atoms with Gasteiger partial charge >= 0.3 is 0 Å². The van der Waals surface area contributed by atoms with Crippen LogP contribution in [0.5, 0.6) is 23.0 Å². The number of amides is 2. The molecule has 8 N–H and O–H groups in total. The van der Waals surface area contributed by atoms with Crippen molar-refractivity contribution in [3.63, 3.8) is 0 Å². The van der Waals surface area contributed by atoms with Gasteiger partial charge in [0, 0.05) is 25.7 Å². The van der Waals surface area contributed by atoms with Crippen molar-refractivity contribution in [3.8, 4) is 23.0 Å². The predicted molar refractivity (Wildman–Crippen MR) is 294 cm³/mol. The zero-order valence-electron chi connectivity index (χ0n) is 44.8. The zero-order valence-corrected chi connectivity index (χ0v) is 46.4. The molecule has 384 valence electrons. The van der Waals surface area contributed by atoms with Gasteiger partial charge in [-0.25, -0.2) is 0 Å².